The van der Waals surface area contributed by atoms with Crippen LogP contribution in [0.25, 0.3) is 0 Å². The minimum Gasteiger partial charge on any atom is -0.508 e. The number of benzene rings is 2. The van der Waals surface area contributed by atoms with Gasteiger partial charge >= 0.3 is 0 Å². The fourth-order valence-electron chi connectivity index (χ4n) is 5.04. The number of nitrogens with zero attached hydrogens (tertiary/aromatic N) is 3. The zero-order valence-electron chi connectivity index (χ0n) is 20.3. The van der Waals surface area contributed by atoms with E-state index in [1.807, 2.05) is 49.1 Å². The number of piperazine rings is 1. The summed E-state index contributed by atoms with van der Waals surface area (Å²) in [5.41, 5.74) is 2.78. The highest BCUT2D eigenvalue weighted by Crippen LogP contribution is 2.36. The van der Waals surface area contributed by atoms with Gasteiger partial charge in [0.1, 0.15) is 5.75 Å². The van der Waals surface area contributed by atoms with Crippen LogP contribution in [0, 0.1) is 0 Å². The number of carbonyl (C=O) groups excluding carboxylic acids is 1. The van der Waals surface area contributed by atoms with E-state index in [9.17, 15) is 9.90 Å². The summed E-state index contributed by atoms with van der Waals surface area (Å²) < 4.78 is 0. The van der Waals surface area contributed by atoms with Gasteiger partial charge in [-0.2, -0.15) is 0 Å². The predicted octanol–water partition coefficient (Wildman–Crippen LogP) is 4.77. The van der Waals surface area contributed by atoms with Crippen LogP contribution >= 0.6 is 0 Å². The molecule has 0 spiro atoms. The molecule has 0 aromatic heterocycles. The molecule has 0 radical (unpaired) electrons. The topological polar surface area (TPSA) is 47.0 Å². The number of phenolic OH excluding ortho intramolecular Hbond substituents is 1. The van der Waals surface area contributed by atoms with E-state index in [1.165, 1.54) is 0 Å². The second-order valence-electron chi connectivity index (χ2n) is 8.95. The van der Waals surface area contributed by atoms with Crippen LogP contribution in [0.2, 0.25) is 0 Å². The predicted molar refractivity (Wildman–Crippen MR) is 131 cm³/mol. The van der Waals surface area contributed by atoms with Crippen LogP contribution in [0.15, 0.2) is 48.5 Å². The van der Waals surface area contributed by atoms with Crippen LogP contribution in [-0.2, 0) is 0 Å². The quantitative estimate of drug-likeness (QED) is 0.646. The maximum Gasteiger partial charge on any atom is 0.254 e. The van der Waals surface area contributed by atoms with Crippen molar-refractivity contribution in [1.29, 1.82) is 0 Å². The first-order valence-electron chi connectivity index (χ1n) is 12.1. The van der Waals surface area contributed by atoms with E-state index in [-0.39, 0.29) is 17.7 Å². The summed E-state index contributed by atoms with van der Waals surface area (Å²) in [7, 11) is 0. The van der Waals surface area contributed by atoms with Crippen LogP contribution < -0.4 is 0 Å². The van der Waals surface area contributed by atoms with E-state index in [1.54, 1.807) is 6.07 Å². The fraction of sp³-hybridized carbons (Fsp3) is 0.519. The highest BCUT2D eigenvalue weighted by Gasteiger charge is 2.36. The zero-order chi connectivity index (χ0) is 23.3. The Bertz CT molecular complexity index is 896. The van der Waals surface area contributed by atoms with Crippen molar-refractivity contribution < 1.29 is 9.90 Å². The number of hydrogen-bond acceptors (Lipinski definition) is 4. The molecule has 174 valence electrons. The minimum absolute atomic E-state index is 0.0704. The van der Waals surface area contributed by atoms with Gasteiger partial charge in [-0.25, -0.2) is 0 Å². The van der Waals surface area contributed by atoms with Gasteiger partial charge in [-0.3, -0.25) is 14.6 Å². The molecule has 3 atom stereocenters. The molecule has 0 bridgehead atoms. The smallest absolute Gasteiger partial charge is 0.254 e. The van der Waals surface area contributed by atoms with E-state index in [0.717, 1.165) is 42.7 Å². The highest BCUT2D eigenvalue weighted by molar-refractivity contribution is 5.96. The summed E-state index contributed by atoms with van der Waals surface area (Å²) in [6.45, 7) is 15.2. The van der Waals surface area contributed by atoms with Crippen LogP contribution in [-0.4, -0.2) is 70.5 Å². The van der Waals surface area contributed by atoms with Crippen LogP contribution in [0.5, 0.6) is 5.75 Å². The van der Waals surface area contributed by atoms with E-state index >= 15 is 0 Å². The molecule has 0 aliphatic carbocycles. The maximum absolute atomic E-state index is 13.4. The average Bonchev–Trinajstić information content (AvgIpc) is 2.78. The Morgan fingerprint density at radius 1 is 1.03 bits per heavy atom. The Balaban J connectivity index is 2.09. The van der Waals surface area contributed by atoms with Crippen molar-refractivity contribution >= 4 is 5.91 Å². The van der Waals surface area contributed by atoms with Gasteiger partial charge in [0.25, 0.3) is 5.91 Å². The highest BCUT2D eigenvalue weighted by atomic mass is 16.3. The molecule has 0 unspecified atom stereocenters. The first kappa shape index (κ1) is 24.3. The number of amides is 1. The zero-order valence-corrected chi connectivity index (χ0v) is 20.3. The summed E-state index contributed by atoms with van der Waals surface area (Å²) in [4.78, 5) is 20.4. The first-order chi connectivity index (χ1) is 15.4. The Labute approximate surface area is 193 Å². The van der Waals surface area contributed by atoms with Crippen molar-refractivity contribution in [3.8, 4) is 5.75 Å². The number of aromatic hydroxyl groups is 1. The lowest BCUT2D eigenvalue weighted by Crippen LogP contribution is -2.57. The lowest BCUT2D eigenvalue weighted by molar-refractivity contribution is 0.0238. The largest absolute Gasteiger partial charge is 0.508 e. The Morgan fingerprint density at radius 2 is 1.75 bits per heavy atom. The summed E-state index contributed by atoms with van der Waals surface area (Å²) in [5, 5.41) is 10.3. The third kappa shape index (κ3) is 5.16. The lowest BCUT2D eigenvalue weighted by atomic mass is 9.90. The standard InChI is InChI=1S/C27H39N3O2/c1-6-16-29-18-21(5)30(19-20(29)4)26(22-12-11-13-23(31)17-22)24-14-9-10-15-25(24)27(32)28(7-2)8-3/h9-15,17,20-21,26,31H,6-8,16,18-19H2,1-5H3/t20-,21+,26-/m1/s1. The lowest BCUT2D eigenvalue weighted by Gasteiger charge is -2.48. The molecule has 1 heterocycles. The van der Waals surface area contributed by atoms with Gasteiger partial charge in [0.2, 0.25) is 0 Å². The van der Waals surface area contributed by atoms with E-state index in [4.69, 9.17) is 0 Å². The molecule has 32 heavy (non-hydrogen) atoms. The fourth-order valence-corrected chi connectivity index (χ4v) is 5.04. The summed E-state index contributed by atoms with van der Waals surface area (Å²) in [5.74, 6) is 0.325. The number of hydrogen-bond donors (Lipinski definition) is 1. The molecule has 1 aliphatic rings. The van der Waals surface area contributed by atoms with Gasteiger partial charge in [0.05, 0.1) is 6.04 Å². The number of rotatable bonds is 8. The first-order valence-corrected chi connectivity index (χ1v) is 12.1. The van der Waals surface area contributed by atoms with Gasteiger partial charge < -0.3 is 10.0 Å². The maximum atomic E-state index is 13.4. The van der Waals surface area contributed by atoms with Crippen molar-refractivity contribution in [2.45, 2.75) is 59.2 Å². The summed E-state index contributed by atoms with van der Waals surface area (Å²) in [6.07, 6.45) is 1.15. The molecule has 1 saturated heterocycles. The molecule has 1 aliphatic heterocycles. The Kier molecular flexibility index (Phi) is 8.32. The van der Waals surface area contributed by atoms with Gasteiger partial charge in [-0.15, -0.1) is 0 Å². The molecule has 5 heteroatoms. The Hall–Kier alpha value is -2.37. The van der Waals surface area contributed by atoms with Crippen LogP contribution in [0.4, 0.5) is 0 Å². The molecule has 5 nitrogen and oxygen atoms in total. The monoisotopic (exact) mass is 437 g/mol. The third-order valence-corrected chi connectivity index (χ3v) is 6.73. The van der Waals surface area contributed by atoms with E-state index < -0.39 is 0 Å². The molecule has 2 aromatic carbocycles. The molecule has 1 amide bonds. The minimum atomic E-state index is -0.0981. The molecule has 3 rings (SSSR count). The van der Waals surface area contributed by atoms with Gasteiger partial charge in [-0.05, 0) is 70.0 Å². The average molecular weight is 438 g/mol. The van der Waals surface area contributed by atoms with Crippen molar-refractivity contribution in [1.82, 2.24) is 14.7 Å². The molecule has 2 aromatic rings. The van der Waals surface area contributed by atoms with Crippen molar-refractivity contribution in [3.63, 3.8) is 0 Å². The number of carbonyl (C=O) groups is 1. The van der Waals surface area contributed by atoms with Gasteiger partial charge in [-0.1, -0.05) is 37.3 Å². The molecular formula is C27H39N3O2. The normalized spacial score (nSPS) is 20.8. The second kappa shape index (κ2) is 11.0. The summed E-state index contributed by atoms with van der Waals surface area (Å²) >= 11 is 0. The third-order valence-electron chi connectivity index (χ3n) is 6.73. The van der Waals surface area contributed by atoms with Crippen molar-refractivity contribution in [2.24, 2.45) is 0 Å². The summed E-state index contributed by atoms with van der Waals surface area (Å²) in [6, 6.07) is 16.2. The number of phenols is 1. The van der Waals surface area contributed by atoms with Gasteiger partial charge in [0, 0.05) is 43.8 Å². The molecule has 0 saturated carbocycles. The van der Waals surface area contributed by atoms with Crippen LogP contribution in [0.1, 0.15) is 68.6 Å². The Morgan fingerprint density at radius 3 is 2.41 bits per heavy atom. The second-order valence-corrected chi connectivity index (χ2v) is 8.95. The van der Waals surface area contributed by atoms with Gasteiger partial charge in [0.15, 0.2) is 0 Å². The van der Waals surface area contributed by atoms with E-state index in [2.05, 4.69) is 42.7 Å². The van der Waals surface area contributed by atoms with E-state index in [0.29, 0.717) is 25.2 Å². The van der Waals surface area contributed by atoms with Crippen LogP contribution in [0.3, 0.4) is 0 Å². The molecule has 1 fully saturated rings. The molecule has 1 N–H and O–H groups in total. The van der Waals surface area contributed by atoms with Crippen molar-refractivity contribution in [2.75, 3.05) is 32.7 Å². The molecular weight excluding hydrogens is 398 g/mol. The van der Waals surface area contributed by atoms with Crippen molar-refractivity contribution in [3.05, 3.63) is 65.2 Å². The SMILES string of the molecule is CCCN1C[C@H](C)N([C@H](c2cccc(O)c2)c2ccccc2C(=O)N(CC)CC)C[C@H]1C.